The first-order valence-electron chi connectivity index (χ1n) is 5.50. The summed E-state index contributed by atoms with van der Waals surface area (Å²) in [5.41, 5.74) is 0.889. The van der Waals surface area contributed by atoms with Crippen LogP contribution in [0.2, 0.25) is 0 Å². The maximum atomic E-state index is 11.2. The third-order valence-electron chi connectivity index (χ3n) is 3.33. The largest absolute Gasteiger partial charge is 0.367 e. The highest BCUT2D eigenvalue weighted by atomic mass is 16.1. The lowest BCUT2D eigenvalue weighted by atomic mass is 9.99. The van der Waals surface area contributed by atoms with Crippen LogP contribution in [-0.4, -0.2) is 47.3 Å². The molecule has 0 atom stereocenters. The van der Waals surface area contributed by atoms with Crippen LogP contribution in [0, 0.1) is 0 Å². The number of aromatic amines is 1. The highest BCUT2D eigenvalue weighted by Gasteiger charge is 2.31. The normalized spacial score (nSPS) is 21.1. The number of anilines is 1. The predicted molar refractivity (Wildman–Crippen MR) is 63.8 cm³/mol. The Morgan fingerprint density at radius 3 is 2.81 bits per heavy atom. The van der Waals surface area contributed by atoms with Crippen LogP contribution in [0.15, 0.2) is 17.1 Å². The fraction of sp³-hybridized carbons (Fsp3) is 0.636. The van der Waals surface area contributed by atoms with E-state index in [-0.39, 0.29) is 11.1 Å². The number of rotatable bonds is 1. The van der Waals surface area contributed by atoms with Gasteiger partial charge in [-0.25, -0.2) is 5.10 Å². The molecule has 1 aromatic heterocycles. The van der Waals surface area contributed by atoms with E-state index in [1.54, 1.807) is 12.3 Å². The van der Waals surface area contributed by atoms with Crippen LogP contribution >= 0.6 is 0 Å². The van der Waals surface area contributed by atoms with Crippen molar-refractivity contribution in [2.45, 2.75) is 19.4 Å². The lowest BCUT2D eigenvalue weighted by Gasteiger charge is -2.46. The van der Waals surface area contributed by atoms with Crippen LogP contribution in [0.5, 0.6) is 0 Å². The van der Waals surface area contributed by atoms with E-state index in [1.807, 2.05) is 0 Å². The van der Waals surface area contributed by atoms with E-state index < -0.39 is 0 Å². The van der Waals surface area contributed by atoms with Gasteiger partial charge in [0.1, 0.15) is 0 Å². The van der Waals surface area contributed by atoms with E-state index >= 15 is 0 Å². The van der Waals surface area contributed by atoms with E-state index in [0.717, 1.165) is 25.3 Å². The Morgan fingerprint density at radius 2 is 2.19 bits per heavy atom. The van der Waals surface area contributed by atoms with E-state index in [9.17, 15) is 4.79 Å². The minimum Gasteiger partial charge on any atom is -0.367 e. The van der Waals surface area contributed by atoms with Crippen molar-refractivity contribution < 1.29 is 0 Å². The lowest BCUT2D eigenvalue weighted by molar-refractivity contribution is 0.139. The van der Waals surface area contributed by atoms with Gasteiger partial charge in [0.25, 0.3) is 5.56 Å². The summed E-state index contributed by atoms with van der Waals surface area (Å²) in [6, 6.07) is 1.61. The average molecular weight is 222 g/mol. The summed E-state index contributed by atoms with van der Waals surface area (Å²) in [5, 5.41) is 6.23. The molecule has 88 valence electrons. The summed E-state index contributed by atoms with van der Waals surface area (Å²) >= 11 is 0. The molecule has 1 aliphatic heterocycles. The van der Waals surface area contributed by atoms with Gasteiger partial charge in [0, 0.05) is 31.2 Å². The van der Waals surface area contributed by atoms with Crippen molar-refractivity contribution in [1.82, 2.24) is 15.1 Å². The minimum atomic E-state index is -0.144. The number of nitrogens with zero attached hydrogens (tertiary/aromatic N) is 3. The Labute approximate surface area is 95.1 Å². The molecule has 5 heteroatoms. The van der Waals surface area contributed by atoms with Crippen molar-refractivity contribution in [3.63, 3.8) is 0 Å². The first kappa shape index (κ1) is 11.1. The first-order chi connectivity index (χ1) is 7.49. The Balaban J connectivity index is 2.21. The van der Waals surface area contributed by atoms with Gasteiger partial charge in [-0.2, -0.15) is 5.10 Å². The average Bonchev–Trinajstić information content (AvgIpc) is 2.22. The van der Waals surface area contributed by atoms with Crippen molar-refractivity contribution in [3.05, 3.63) is 22.6 Å². The Morgan fingerprint density at radius 1 is 1.44 bits per heavy atom. The first-order valence-corrected chi connectivity index (χ1v) is 5.50. The molecule has 0 aromatic carbocycles. The molecule has 1 saturated heterocycles. The van der Waals surface area contributed by atoms with Crippen molar-refractivity contribution >= 4 is 5.69 Å². The molecule has 0 saturated carbocycles. The molecular weight excluding hydrogens is 204 g/mol. The lowest BCUT2D eigenvalue weighted by Crippen LogP contribution is -2.57. The summed E-state index contributed by atoms with van der Waals surface area (Å²) in [5.74, 6) is 0. The van der Waals surface area contributed by atoms with Crippen LogP contribution in [0.4, 0.5) is 5.69 Å². The van der Waals surface area contributed by atoms with Gasteiger partial charge >= 0.3 is 0 Å². The standard InChI is InChI=1S/C11H18N4O/c1-11(2)8-15(5-4-14(11)3)9-6-10(16)13-12-7-9/h6-7H,4-5,8H2,1-3H3,(H,13,16). The molecule has 0 unspecified atom stereocenters. The number of likely N-dealkylation sites (N-methyl/N-ethyl adjacent to an activating group) is 1. The highest BCUT2D eigenvalue weighted by Crippen LogP contribution is 2.22. The van der Waals surface area contributed by atoms with Crippen LogP contribution in [-0.2, 0) is 0 Å². The van der Waals surface area contributed by atoms with Gasteiger partial charge in [-0.05, 0) is 20.9 Å². The number of piperazine rings is 1. The van der Waals surface area contributed by atoms with Crippen molar-refractivity contribution in [2.75, 3.05) is 31.6 Å². The molecule has 1 fully saturated rings. The van der Waals surface area contributed by atoms with Gasteiger partial charge in [0.2, 0.25) is 0 Å². The Bertz CT molecular complexity index is 426. The Kier molecular flexibility index (Phi) is 2.71. The number of hydrogen-bond donors (Lipinski definition) is 1. The molecule has 1 N–H and O–H groups in total. The topological polar surface area (TPSA) is 52.2 Å². The summed E-state index contributed by atoms with van der Waals surface area (Å²) < 4.78 is 0. The monoisotopic (exact) mass is 222 g/mol. The van der Waals surface area contributed by atoms with E-state index in [4.69, 9.17) is 0 Å². The van der Waals surface area contributed by atoms with Gasteiger partial charge in [-0.3, -0.25) is 9.69 Å². The maximum absolute atomic E-state index is 11.2. The zero-order valence-corrected chi connectivity index (χ0v) is 10.0. The van der Waals surface area contributed by atoms with E-state index in [1.165, 1.54) is 0 Å². The van der Waals surface area contributed by atoms with E-state index in [0.29, 0.717) is 0 Å². The van der Waals surface area contributed by atoms with Crippen LogP contribution < -0.4 is 10.5 Å². The highest BCUT2D eigenvalue weighted by molar-refractivity contribution is 5.44. The van der Waals surface area contributed by atoms with Crippen LogP contribution in [0.25, 0.3) is 0 Å². The van der Waals surface area contributed by atoms with Gasteiger partial charge in [0.05, 0.1) is 11.9 Å². The molecule has 1 aliphatic rings. The zero-order valence-electron chi connectivity index (χ0n) is 10.0. The number of nitrogens with one attached hydrogen (secondary N) is 1. The molecule has 0 spiro atoms. The summed E-state index contributed by atoms with van der Waals surface area (Å²) in [6.07, 6.45) is 1.71. The fourth-order valence-corrected chi connectivity index (χ4v) is 2.00. The molecule has 2 rings (SSSR count). The third kappa shape index (κ3) is 2.09. The molecule has 16 heavy (non-hydrogen) atoms. The van der Waals surface area contributed by atoms with Gasteiger partial charge in [0.15, 0.2) is 0 Å². The van der Waals surface area contributed by atoms with Crippen molar-refractivity contribution in [1.29, 1.82) is 0 Å². The molecule has 2 heterocycles. The fourth-order valence-electron chi connectivity index (χ4n) is 2.00. The van der Waals surface area contributed by atoms with Gasteiger partial charge in [-0.15, -0.1) is 0 Å². The van der Waals surface area contributed by atoms with Crippen molar-refractivity contribution in [3.8, 4) is 0 Å². The number of hydrogen-bond acceptors (Lipinski definition) is 4. The molecule has 5 nitrogen and oxygen atoms in total. The minimum absolute atomic E-state index is 0.126. The molecular formula is C11H18N4O. The van der Waals surface area contributed by atoms with Crippen LogP contribution in [0.1, 0.15) is 13.8 Å². The maximum Gasteiger partial charge on any atom is 0.266 e. The van der Waals surface area contributed by atoms with Gasteiger partial charge < -0.3 is 4.90 Å². The smallest absolute Gasteiger partial charge is 0.266 e. The summed E-state index contributed by atoms with van der Waals surface area (Å²) in [6.45, 7) is 7.26. The van der Waals surface area contributed by atoms with Crippen LogP contribution in [0.3, 0.4) is 0 Å². The molecule has 0 radical (unpaired) electrons. The second kappa shape index (κ2) is 3.90. The van der Waals surface area contributed by atoms with Crippen molar-refractivity contribution in [2.24, 2.45) is 0 Å². The molecule has 0 amide bonds. The summed E-state index contributed by atoms with van der Waals surface area (Å²) in [7, 11) is 2.13. The number of H-pyrrole nitrogens is 1. The van der Waals surface area contributed by atoms with Gasteiger partial charge in [-0.1, -0.05) is 0 Å². The second-order valence-electron chi connectivity index (χ2n) is 4.96. The number of aromatic nitrogens is 2. The molecule has 0 bridgehead atoms. The molecule has 1 aromatic rings. The quantitative estimate of drug-likeness (QED) is 0.742. The van der Waals surface area contributed by atoms with E-state index in [2.05, 4.69) is 40.9 Å². The third-order valence-corrected chi connectivity index (χ3v) is 3.33. The predicted octanol–water partition coefficient (Wildman–Crippen LogP) is 0.300. The molecule has 0 aliphatic carbocycles. The zero-order chi connectivity index (χ0) is 11.8. The SMILES string of the molecule is CN1CCN(c2cn[nH]c(=O)c2)CC1(C)C. The Hall–Kier alpha value is -1.36. The summed E-state index contributed by atoms with van der Waals surface area (Å²) in [4.78, 5) is 15.8. The second-order valence-corrected chi connectivity index (χ2v) is 4.96.